The molecule has 1 fully saturated rings. The zero-order chi connectivity index (χ0) is 19.6. The number of carbonyl (C=O) groups excluding carboxylic acids is 1. The largest absolute Gasteiger partial charge is 0.297 e. The fraction of sp³-hybridized carbons (Fsp3) is 0.263. The van der Waals surface area contributed by atoms with Crippen molar-refractivity contribution in [2.24, 2.45) is 0 Å². The highest BCUT2D eigenvalue weighted by Crippen LogP contribution is 2.31. The van der Waals surface area contributed by atoms with Gasteiger partial charge in [0.15, 0.2) is 5.13 Å². The van der Waals surface area contributed by atoms with Crippen LogP contribution in [0.1, 0.15) is 28.9 Å². The molecule has 28 heavy (non-hydrogen) atoms. The van der Waals surface area contributed by atoms with E-state index in [1.54, 1.807) is 40.8 Å². The van der Waals surface area contributed by atoms with Gasteiger partial charge in [0.2, 0.25) is 10.0 Å². The Morgan fingerprint density at radius 3 is 2.50 bits per heavy atom. The van der Waals surface area contributed by atoms with Gasteiger partial charge in [-0.2, -0.15) is 4.31 Å². The van der Waals surface area contributed by atoms with Gasteiger partial charge in [-0.25, -0.2) is 13.4 Å². The van der Waals surface area contributed by atoms with Crippen molar-refractivity contribution in [3.63, 3.8) is 0 Å². The van der Waals surface area contributed by atoms with Gasteiger partial charge in [-0.15, -0.1) is 11.3 Å². The number of amides is 1. The van der Waals surface area contributed by atoms with Crippen LogP contribution < -0.4 is 5.32 Å². The predicted molar refractivity (Wildman–Crippen MR) is 112 cm³/mol. The summed E-state index contributed by atoms with van der Waals surface area (Å²) in [5.74, 6) is -0.182. The van der Waals surface area contributed by atoms with Crippen LogP contribution in [0.15, 0.2) is 52.9 Å². The first-order valence-corrected chi connectivity index (χ1v) is 12.1. The Hall–Kier alpha value is -2.07. The number of carbonyl (C=O) groups is 1. The number of hydrogen-bond donors (Lipinski definition) is 1. The molecule has 3 aromatic rings. The van der Waals surface area contributed by atoms with Crippen molar-refractivity contribution >= 4 is 43.7 Å². The number of nitrogens with one attached hydrogen (secondary N) is 1. The predicted octanol–water partition coefficient (Wildman–Crippen LogP) is 4.30. The molecule has 0 saturated carbocycles. The second-order valence-corrected chi connectivity index (χ2v) is 10.4. The number of thiazole rings is 1. The smallest absolute Gasteiger partial charge is 0.267 e. The molecular weight excluding hydrogens is 414 g/mol. The summed E-state index contributed by atoms with van der Waals surface area (Å²) in [6.07, 6.45) is 4.60. The van der Waals surface area contributed by atoms with E-state index in [4.69, 9.17) is 0 Å². The highest BCUT2D eigenvalue weighted by atomic mass is 32.2. The van der Waals surface area contributed by atoms with E-state index in [2.05, 4.69) is 10.3 Å². The Balaban J connectivity index is 1.48. The van der Waals surface area contributed by atoms with Crippen LogP contribution in [0, 0.1) is 0 Å². The van der Waals surface area contributed by atoms with E-state index in [0.717, 1.165) is 29.7 Å². The molecule has 0 unspecified atom stereocenters. The number of nitrogens with zero attached hydrogens (tertiary/aromatic N) is 2. The van der Waals surface area contributed by atoms with Crippen molar-refractivity contribution in [3.8, 4) is 10.4 Å². The third kappa shape index (κ3) is 4.02. The lowest BCUT2D eigenvalue weighted by Gasteiger charge is -2.25. The van der Waals surface area contributed by atoms with Gasteiger partial charge >= 0.3 is 0 Å². The minimum Gasteiger partial charge on any atom is -0.297 e. The maximum atomic E-state index is 12.7. The molecule has 1 amide bonds. The Morgan fingerprint density at radius 2 is 1.82 bits per heavy atom. The molecule has 0 radical (unpaired) electrons. The van der Waals surface area contributed by atoms with E-state index in [-0.39, 0.29) is 5.91 Å². The Labute approximate surface area is 171 Å². The fourth-order valence-corrected chi connectivity index (χ4v) is 6.03. The molecule has 2 aromatic heterocycles. The Bertz CT molecular complexity index is 1050. The summed E-state index contributed by atoms with van der Waals surface area (Å²) in [5.41, 5.74) is 0.867. The van der Waals surface area contributed by atoms with Crippen LogP contribution in [-0.4, -0.2) is 36.7 Å². The molecule has 0 bridgehead atoms. The quantitative estimate of drug-likeness (QED) is 0.651. The molecule has 0 spiro atoms. The topological polar surface area (TPSA) is 79.4 Å². The van der Waals surface area contributed by atoms with Gasteiger partial charge in [0.1, 0.15) is 0 Å². The van der Waals surface area contributed by atoms with Gasteiger partial charge in [0, 0.05) is 19.3 Å². The van der Waals surface area contributed by atoms with Crippen molar-refractivity contribution < 1.29 is 13.2 Å². The van der Waals surface area contributed by atoms with Crippen molar-refractivity contribution in [3.05, 3.63) is 52.9 Å². The number of benzene rings is 1. The molecule has 0 atom stereocenters. The minimum absolute atomic E-state index is 0.182. The first kappa shape index (κ1) is 19.3. The Kier molecular flexibility index (Phi) is 5.58. The summed E-state index contributed by atoms with van der Waals surface area (Å²) in [7, 11) is -3.43. The molecule has 3 heterocycles. The van der Waals surface area contributed by atoms with Gasteiger partial charge in [0.05, 0.1) is 14.6 Å². The molecule has 9 heteroatoms. The maximum absolute atomic E-state index is 12.7. The Morgan fingerprint density at radius 1 is 1.07 bits per heavy atom. The summed E-state index contributed by atoms with van der Waals surface area (Å²) in [5, 5.41) is 5.15. The van der Waals surface area contributed by atoms with Crippen LogP contribution >= 0.6 is 22.7 Å². The van der Waals surface area contributed by atoms with Crippen LogP contribution in [-0.2, 0) is 10.0 Å². The molecular formula is C19H19N3O3S3. The van der Waals surface area contributed by atoms with Gasteiger partial charge in [0.25, 0.3) is 5.91 Å². The van der Waals surface area contributed by atoms with Gasteiger partial charge in [-0.1, -0.05) is 36.0 Å². The zero-order valence-corrected chi connectivity index (χ0v) is 17.4. The van der Waals surface area contributed by atoms with E-state index in [1.807, 2.05) is 11.4 Å². The van der Waals surface area contributed by atoms with E-state index >= 15 is 0 Å². The number of aromatic nitrogens is 1. The lowest BCUT2D eigenvalue weighted by molar-refractivity contribution is 0.103. The first-order chi connectivity index (χ1) is 13.5. The maximum Gasteiger partial charge on any atom is 0.267 e. The third-order valence-corrected chi connectivity index (χ3v) is 8.31. The van der Waals surface area contributed by atoms with Crippen molar-refractivity contribution in [1.29, 1.82) is 0 Å². The van der Waals surface area contributed by atoms with Gasteiger partial charge < -0.3 is 0 Å². The second kappa shape index (κ2) is 8.12. The number of rotatable bonds is 5. The zero-order valence-electron chi connectivity index (χ0n) is 15.0. The lowest BCUT2D eigenvalue weighted by atomic mass is 10.2. The summed E-state index contributed by atoms with van der Waals surface area (Å²) < 4.78 is 27.1. The van der Waals surface area contributed by atoms with Crippen LogP contribution in [0.3, 0.4) is 0 Å². The number of thiophene rings is 1. The fourth-order valence-electron chi connectivity index (χ4n) is 3.08. The average Bonchev–Trinajstić information content (AvgIpc) is 3.41. The van der Waals surface area contributed by atoms with Gasteiger partial charge in [-0.05, 0) is 42.0 Å². The first-order valence-electron chi connectivity index (χ1n) is 8.95. The monoisotopic (exact) mass is 433 g/mol. The molecule has 1 saturated heterocycles. The van der Waals surface area contributed by atoms with E-state index in [9.17, 15) is 13.2 Å². The minimum atomic E-state index is -3.43. The van der Waals surface area contributed by atoms with Crippen molar-refractivity contribution in [2.75, 3.05) is 18.4 Å². The summed E-state index contributed by atoms with van der Waals surface area (Å²) in [4.78, 5) is 18.2. The van der Waals surface area contributed by atoms with Gasteiger partial charge in [-0.3, -0.25) is 10.1 Å². The summed E-state index contributed by atoms with van der Waals surface area (Å²) in [6.45, 7) is 1.18. The number of piperidine rings is 1. The second-order valence-electron chi connectivity index (χ2n) is 6.45. The molecule has 4 rings (SSSR count). The van der Waals surface area contributed by atoms with Crippen LogP contribution in [0.25, 0.3) is 10.4 Å². The molecule has 1 aliphatic heterocycles. The van der Waals surface area contributed by atoms with Crippen LogP contribution in [0.4, 0.5) is 5.13 Å². The van der Waals surface area contributed by atoms with Crippen LogP contribution in [0.2, 0.25) is 0 Å². The SMILES string of the molecule is O=C(Nc1ncc(-c2ccc(S(=O)(=O)N3CCCCC3)cc2)s1)c1cccs1. The molecule has 146 valence electrons. The van der Waals surface area contributed by atoms with E-state index in [0.29, 0.717) is 28.0 Å². The summed E-state index contributed by atoms with van der Waals surface area (Å²) >= 11 is 2.73. The average molecular weight is 434 g/mol. The van der Waals surface area contributed by atoms with Crippen molar-refractivity contribution in [1.82, 2.24) is 9.29 Å². The molecule has 1 N–H and O–H groups in total. The molecule has 0 aliphatic carbocycles. The third-order valence-electron chi connectivity index (χ3n) is 4.56. The van der Waals surface area contributed by atoms with E-state index in [1.165, 1.54) is 22.7 Å². The normalized spacial score (nSPS) is 15.4. The van der Waals surface area contributed by atoms with Crippen molar-refractivity contribution in [2.45, 2.75) is 24.2 Å². The number of sulfonamides is 1. The standard InChI is InChI=1S/C19H19N3O3S3/c23-18(16-5-4-12-26-16)21-19-20-13-17(27-19)14-6-8-15(9-7-14)28(24,25)22-10-2-1-3-11-22/h4-9,12-13H,1-3,10-11H2,(H,20,21,23). The molecule has 6 nitrogen and oxygen atoms in total. The highest BCUT2D eigenvalue weighted by molar-refractivity contribution is 7.89. The molecule has 1 aliphatic rings. The number of hydrogen-bond acceptors (Lipinski definition) is 6. The highest BCUT2D eigenvalue weighted by Gasteiger charge is 2.25. The van der Waals surface area contributed by atoms with Crippen LogP contribution in [0.5, 0.6) is 0 Å². The molecule has 1 aromatic carbocycles. The number of anilines is 1. The summed E-state index contributed by atoms with van der Waals surface area (Å²) in [6, 6.07) is 10.4. The lowest BCUT2D eigenvalue weighted by Crippen LogP contribution is -2.35. The van der Waals surface area contributed by atoms with E-state index < -0.39 is 10.0 Å².